The summed E-state index contributed by atoms with van der Waals surface area (Å²) in [6.07, 6.45) is 1.09. The van der Waals surface area contributed by atoms with Gasteiger partial charge in [-0.1, -0.05) is 37.3 Å². The second-order valence-electron chi connectivity index (χ2n) is 4.54. The summed E-state index contributed by atoms with van der Waals surface area (Å²) in [6, 6.07) is 10.9. The Morgan fingerprint density at radius 1 is 1.40 bits per heavy atom. The van der Waals surface area contributed by atoms with Crippen LogP contribution in [-0.2, 0) is 4.74 Å². The zero-order valence-electron chi connectivity index (χ0n) is 9.49. The van der Waals surface area contributed by atoms with Crippen LogP contribution < -0.4 is 5.32 Å². The normalized spacial score (nSPS) is 31.5. The van der Waals surface area contributed by atoms with Crippen molar-refractivity contribution in [2.24, 2.45) is 0 Å². The number of rotatable bonds is 2. The minimum Gasteiger partial charge on any atom is -0.378 e. The second kappa shape index (κ2) is 4.33. The molecule has 2 heteroatoms. The molecule has 1 N–H and O–H groups in total. The van der Waals surface area contributed by atoms with E-state index in [0.29, 0.717) is 6.04 Å². The zero-order chi connectivity index (χ0) is 10.7. The van der Waals surface area contributed by atoms with Crippen LogP contribution in [0.1, 0.15) is 31.9 Å². The molecule has 0 aliphatic carbocycles. The van der Waals surface area contributed by atoms with Crippen molar-refractivity contribution < 1.29 is 4.74 Å². The Labute approximate surface area is 91.6 Å². The molecule has 1 saturated heterocycles. The Balaban J connectivity index is 2.11. The topological polar surface area (TPSA) is 21.3 Å². The molecule has 2 nitrogen and oxygen atoms in total. The third-order valence-corrected chi connectivity index (χ3v) is 3.21. The van der Waals surface area contributed by atoms with Crippen LogP contribution in [0.3, 0.4) is 0 Å². The lowest BCUT2D eigenvalue weighted by Crippen LogP contribution is -2.52. The van der Waals surface area contributed by atoms with Gasteiger partial charge in [-0.05, 0) is 18.9 Å². The maximum absolute atomic E-state index is 5.68. The van der Waals surface area contributed by atoms with Crippen molar-refractivity contribution in [3.8, 4) is 0 Å². The van der Waals surface area contributed by atoms with Crippen LogP contribution in [0.5, 0.6) is 0 Å². The minimum atomic E-state index is 0.124. The summed E-state index contributed by atoms with van der Waals surface area (Å²) in [5.74, 6) is 0. The first kappa shape index (κ1) is 10.7. The maximum Gasteiger partial charge on any atom is 0.0662 e. The maximum atomic E-state index is 5.68. The van der Waals surface area contributed by atoms with E-state index in [0.717, 1.165) is 19.6 Å². The van der Waals surface area contributed by atoms with Gasteiger partial charge < -0.3 is 10.1 Å². The SMILES string of the molecule is CC[C@]1(C)COC[C@@H](c2ccccc2)N1. The van der Waals surface area contributed by atoms with Crippen LogP contribution >= 0.6 is 0 Å². The van der Waals surface area contributed by atoms with E-state index in [4.69, 9.17) is 4.74 Å². The van der Waals surface area contributed by atoms with Crippen molar-refractivity contribution in [1.29, 1.82) is 0 Å². The van der Waals surface area contributed by atoms with Crippen LogP contribution in [0.15, 0.2) is 30.3 Å². The van der Waals surface area contributed by atoms with Gasteiger partial charge in [0.1, 0.15) is 0 Å². The molecule has 0 saturated carbocycles. The highest BCUT2D eigenvalue weighted by atomic mass is 16.5. The smallest absolute Gasteiger partial charge is 0.0662 e. The molecule has 0 bridgehead atoms. The van der Waals surface area contributed by atoms with Crippen LogP contribution in [0.2, 0.25) is 0 Å². The summed E-state index contributed by atoms with van der Waals surface area (Å²) in [7, 11) is 0. The summed E-state index contributed by atoms with van der Waals surface area (Å²) >= 11 is 0. The molecular formula is C13H19NO. The third-order valence-electron chi connectivity index (χ3n) is 3.21. The van der Waals surface area contributed by atoms with E-state index in [1.54, 1.807) is 0 Å². The average Bonchev–Trinajstić information content (AvgIpc) is 2.30. The number of nitrogens with one attached hydrogen (secondary N) is 1. The van der Waals surface area contributed by atoms with E-state index in [2.05, 4.69) is 43.4 Å². The first-order valence-electron chi connectivity index (χ1n) is 5.64. The number of ether oxygens (including phenoxy) is 1. The van der Waals surface area contributed by atoms with Crippen LogP contribution in [0.4, 0.5) is 0 Å². The van der Waals surface area contributed by atoms with Gasteiger partial charge >= 0.3 is 0 Å². The molecular weight excluding hydrogens is 186 g/mol. The molecule has 1 aliphatic heterocycles. The summed E-state index contributed by atoms with van der Waals surface area (Å²) < 4.78 is 5.68. The van der Waals surface area contributed by atoms with Gasteiger partial charge in [-0.3, -0.25) is 0 Å². The molecule has 82 valence electrons. The molecule has 1 heterocycles. The number of benzene rings is 1. The highest BCUT2D eigenvalue weighted by Crippen LogP contribution is 2.24. The molecule has 1 fully saturated rings. The molecule has 2 atom stereocenters. The fraction of sp³-hybridized carbons (Fsp3) is 0.538. The molecule has 15 heavy (non-hydrogen) atoms. The fourth-order valence-corrected chi connectivity index (χ4v) is 1.98. The molecule has 0 spiro atoms. The molecule has 1 aromatic rings. The van der Waals surface area contributed by atoms with Crippen molar-refractivity contribution in [3.63, 3.8) is 0 Å². The van der Waals surface area contributed by atoms with E-state index in [1.807, 2.05) is 6.07 Å². The quantitative estimate of drug-likeness (QED) is 0.801. The van der Waals surface area contributed by atoms with E-state index in [-0.39, 0.29) is 5.54 Å². The van der Waals surface area contributed by atoms with Crippen molar-refractivity contribution in [3.05, 3.63) is 35.9 Å². The molecule has 1 aromatic carbocycles. The van der Waals surface area contributed by atoms with Crippen molar-refractivity contribution in [2.45, 2.75) is 31.8 Å². The first-order chi connectivity index (χ1) is 7.23. The van der Waals surface area contributed by atoms with Gasteiger partial charge in [-0.15, -0.1) is 0 Å². The van der Waals surface area contributed by atoms with Gasteiger partial charge in [0.15, 0.2) is 0 Å². The van der Waals surface area contributed by atoms with Gasteiger partial charge in [0.05, 0.1) is 19.3 Å². The Bertz CT molecular complexity index is 312. The summed E-state index contributed by atoms with van der Waals surface area (Å²) in [5, 5.41) is 3.67. The Hall–Kier alpha value is -0.860. The summed E-state index contributed by atoms with van der Waals surface area (Å²) in [4.78, 5) is 0. The van der Waals surface area contributed by atoms with Gasteiger partial charge in [0.25, 0.3) is 0 Å². The van der Waals surface area contributed by atoms with E-state index in [1.165, 1.54) is 5.56 Å². The standard InChI is InChI=1S/C13H19NO/c1-3-13(2)10-15-9-12(14-13)11-7-5-4-6-8-11/h4-8,12,14H,3,9-10H2,1-2H3/t12-,13+/m0/s1. The fourth-order valence-electron chi connectivity index (χ4n) is 1.98. The van der Waals surface area contributed by atoms with E-state index in [9.17, 15) is 0 Å². The second-order valence-corrected chi connectivity index (χ2v) is 4.54. The van der Waals surface area contributed by atoms with Gasteiger partial charge in [-0.2, -0.15) is 0 Å². The van der Waals surface area contributed by atoms with Crippen LogP contribution in [0, 0.1) is 0 Å². The Morgan fingerprint density at radius 2 is 2.13 bits per heavy atom. The van der Waals surface area contributed by atoms with E-state index >= 15 is 0 Å². The van der Waals surface area contributed by atoms with Gasteiger partial charge in [0.2, 0.25) is 0 Å². The van der Waals surface area contributed by atoms with Gasteiger partial charge in [0, 0.05) is 5.54 Å². The van der Waals surface area contributed by atoms with E-state index < -0.39 is 0 Å². The predicted octanol–water partition coefficient (Wildman–Crippen LogP) is 2.52. The predicted molar refractivity (Wildman–Crippen MR) is 61.8 cm³/mol. The van der Waals surface area contributed by atoms with Crippen molar-refractivity contribution in [1.82, 2.24) is 5.32 Å². The van der Waals surface area contributed by atoms with Crippen molar-refractivity contribution in [2.75, 3.05) is 13.2 Å². The lowest BCUT2D eigenvalue weighted by Gasteiger charge is -2.39. The highest BCUT2D eigenvalue weighted by Gasteiger charge is 2.30. The number of morpholine rings is 1. The number of hydrogen-bond acceptors (Lipinski definition) is 2. The molecule has 2 rings (SSSR count). The molecule has 0 unspecified atom stereocenters. The molecule has 0 radical (unpaired) electrons. The number of hydrogen-bond donors (Lipinski definition) is 1. The van der Waals surface area contributed by atoms with Crippen LogP contribution in [0.25, 0.3) is 0 Å². The highest BCUT2D eigenvalue weighted by molar-refractivity contribution is 5.20. The molecule has 0 aromatic heterocycles. The Kier molecular flexibility index (Phi) is 3.08. The largest absolute Gasteiger partial charge is 0.378 e. The molecule has 1 aliphatic rings. The molecule has 0 amide bonds. The summed E-state index contributed by atoms with van der Waals surface area (Å²) in [5.41, 5.74) is 1.44. The lowest BCUT2D eigenvalue weighted by atomic mass is 9.94. The van der Waals surface area contributed by atoms with Gasteiger partial charge in [-0.25, -0.2) is 0 Å². The van der Waals surface area contributed by atoms with Crippen LogP contribution in [-0.4, -0.2) is 18.8 Å². The average molecular weight is 205 g/mol. The third kappa shape index (κ3) is 2.39. The first-order valence-corrected chi connectivity index (χ1v) is 5.64. The zero-order valence-corrected chi connectivity index (χ0v) is 9.49. The summed E-state index contributed by atoms with van der Waals surface area (Å²) in [6.45, 7) is 6.01. The van der Waals surface area contributed by atoms with Crippen molar-refractivity contribution >= 4 is 0 Å². The monoisotopic (exact) mass is 205 g/mol. The Morgan fingerprint density at radius 3 is 2.80 bits per heavy atom. The minimum absolute atomic E-state index is 0.124. The lowest BCUT2D eigenvalue weighted by molar-refractivity contribution is 0.00364.